The summed E-state index contributed by atoms with van der Waals surface area (Å²) in [6.45, 7) is 2.95. The number of piperidine rings is 1. The first-order valence-corrected chi connectivity index (χ1v) is 8.09. The molecule has 3 rings (SSSR count). The van der Waals surface area contributed by atoms with Gasteiger partial charge in [-0.05, 0) is 56.0 Å². The van der Waals surface area contributed by atoms with Crippen molar-refractivity contribution < 1.29 is 9.59 Å². The predicted molar refractivity (Wildman–Crippen MR) is 85.7 cm³/mol. The molecule has 0 saturated carbocycles. The largest absolute Gasteiger partial charge is 0.338 e. The Kier molecular flexibility index (Phi) is 4.43. The Morgan fingerprint density at radius 2 is 1.95 bits per heavy atom. The molecule has 0 aliphatic carbocycles. The maximum atomic E-state index is 12.5. The molecular formula is C17H23N3O2. The van der Waals surface area contributed by atoms with Crippen LogP contribution in [0.5, 0.6) is 0 Å². The van der Waals surface area contributed by atoms with Crippen LogP contribution in [0.25, 0.3) is 0 Å². The molecule has 1 aromatic carbocycles. The summed E-state index contributed by atoms with van der Waals surface area (Å²) in [6.07, 6.45) is 3.63. The van der Waals surface area contributed by atoms with Crippen LogP contribution in [-0.2, 0) is 4.79 Å². The number of hydrogen-bond donors (Lipinski definition) is 1. The van der Waals surface area contributed by atoms with E-state index >= 15 is 0 Å². The van der Waals surface area contributed by atoms with Gasteiger partial charge in [0.25, 0.3) is 5.91 Å². The number of anilines is 1. The molecule has 1 atom stereocenters. The van der Waals surface area contributed by atoms with Crippen LogP contribution < -0.4 is 10.6 Å². The number of amides is 2. The zero-order valence-corrected chi connectivity index (χ0v) is 12.8. The van der Waals surface area contributed by atoms with Gasteiger partial charge in [-0.2, -0.15) is 0 Å². The molecule has 5 nitrogen and oxygen atoms in total. The van der Waals surface area contributed by atoms with Crippen LogP contribution in [-0.4, -0.2) is 42.9 Å². The first-order valence-electron chi connectivity index (χ1n) is 8.09. The molecule has 1 aromatic rings. The van der Waals surface area contributed by atoms with Gasteiger partial charge in [-0.15, -0.1) is 0 Å². The van der Waals surface area contributed by atoms with Crippen molar-refractivity contribution in [2.75, 3.05) is 31.1 Å². The lowest BCUT2D eigenvalue weighted by Crippen LogP contribution is -2.35. The molecule has 0 spiro atoms. The van der Waals surface area contributed by atoms with Crippen LogP contribution in [0.2, 0.25) is 0 Å². The number of nitrogens with two attached hydrogens (primary N) is 1. The standard InChI is InChI=1S/C17H23N3O2/c18-11-13-8-10-19(12-13)17(22)14-4-6-15(7-5-14)20-9-2-1-3-16(20)21/h4-7,13H,1-3,8-12,18H2. The predicted octanol–water partition coefficient (Wildman–Crippen LogP) is 1.62. The van der Waals surface area contributed by atoms with Crippen LogP contribution in [0.4, 0.5) is 5.69 Å². The summed E-state index contributed by atoms with van der Waals surface area (Å²) in [4.78, 5) is 28.1. The maximum absolute atomic E-state index is 12.5. The second-order valence-corrected chi connectivity index (χ2v) is 6.19. The fraction of sp³-hybridized carbons (Fsp3) is 0.529. The number of carbonyl (C=O) groups is 2. The van der Waals surface area contributed by atoms with Gasteiger partial charge >= 0.3 is 0 Å². The summed E-state index contributed by atoms with van der Waals surface area (Å²) in [5.74, 6) is 0.664. The molecule has 2 aliphatic rings. The summed E-state index contributed by atoms with van der Waals surface area (Å²) in [7, 11) is 0. The molecule has 0 bridgehead atoms. The first-order chi connectivity index (χ1) is 10.7. The maximum Gasteiger partial charge on any atom is 0.253 e. The minimum absolute atomic E-state index is 0.0625. The van der Waals surface area contributed by atoms with E-state index in [4.69, 9.17) is 5.73 Å². The van der Waals surface area contributed by atoms with E-state index in [2.05, 4.69) is 0 Å². The quantitative estimate of drug-likeness (QED) is 0.922. The number of nitrogens with zero attached hydrogens (tertiary/aromatic N) is 2. The molecule has 22 heavy (non-hydrogen) atoms. The third-order valence-corrected chi connectivity index (χ3v) is 4.66. The SMILES string of the molecule is NCC1CCN(C(=O)c2ccc(N3CCCCC3=O)cc2)C1. The average molecular weight is 301 g/mol. The Morgan fingerprint density at radius 3 is 2.59 bits per heavy atom. The minimum atomic E-state index is 0.0625. The Morgan fingerprint density at radius 1 is 1.18 bits per heavy atom. The van der Waals surface area contributed by atoms with E-state index in [-0.39, 0.29) is 11.8 Å². The van der Waals surface area contributed by atoms with Gasteiger partial charge in [0.05, 0.1) is 0 Å². The lowest BCUT2D eigenvalue weighted by Gasteiger charge is -2.27. The highest BCUT2D eigenvalue weighted by molar-refractivity contribution is 5.97. The highest BCUT2D eigenvalue weighted by atomic mass is 16.2. The van der Waals surface area contributed by atoms with E-state index in [0.717, 1.165) is 44.6 Å². The fourth-order valence-electron chi connectivity index (χ4n) is 3.25. The van der Waals surface area contributed by atoms with Gasteiger partial charge in [0.1, 0.15) is 0 Å². The molecular weight excluding hydrogens is 278 g/mol. The summed E-state index contributed by atoms with van der Waals surface area (Å²) in [5, 5.41) is 0. The zero-order chi connectivity index (χ0) is 15.5. The number of likely N-dealkylation sites (tertiary alicyclic amines) is 1. The topological polar surface area (TPSA) is 66.6 Å². The number of carbonyl (C=O) groups excluding carboxylic acids is 2. The summed E-state index contributed by atoms with van der Waals surface area (Å²) < 4.78 is 0. The first kappa shape index (κ1) is 15.0. The smallest absolute Gasteiger partial charge is 0.253 e. The van der Waals surface area contributed by atoms with E-state index in [9.17, 15) is 9.59 Å². The van der Waals surface area contributed by atoms with E-state index in [0.29, 0.717) is 24.4 Å². The van der Waals surface area contributed by atoms with Crippen molar-refractivity contribution in [3.63, 3.8) is 0 Å². The van der Waals surface area contributed by atoms with Gasteiger partial charge in [0.15, 0.2) is 0 Å². The highest BCUT2D eigenvalue weighted by Crippen LogP contribution is 2.23. The molecule has 5 heteroatoms. The van der Waals surface area contributed by atoms with Crippen molar-refractivity contribution in [2.24, 2.45) is 11.7 Å². The second-order valence-electron chi connectivity index (χ2n) is 6.19. The Hall–Kier alpha value is -1.88. The van der Waals surface area contributed by atoms with Crippen molar-refractivity contribution in [2.45, 2.75) is 25.7 Å². The molecule has 118 valence electrons. The van der Waals surface area contributed by atoms with Crippen molar-refractivity contribution in [3.05, 3.63) is 29.8 Å². The Labute approximate surface area is 131 Å². The molecule has 2 amide bonds. The molecule has 2 aliphatic heterocycles. The van der Waals surface area contributed by atoms with E-state index < -0.39 is 0 Å². The molecule has 0 radical (unpaired) electrons. The monoisotopic (exact) mass is 301 g/mol. The number of benzene rings is 1. The van der Waals surface area contributed by atoms with Crippen LogP contribution in [0.1, 0.15) is 36.0 Å². The van der Waals surface area contributed by atoms with Crippen LogP contribution >= 0.6 is 0 Å². The summed E-state index contributed by atoms with van der Waals surface area (Å²) >= 11 is 0. The molecule has 0 aromatic heterocycles. The summed E-state index contributed by atoms with van der Waals surface area (Å²) in [5.41, 5.74) is 7.25. The van der Waals surface area contributed by atoms with Crippen molar-refractivity contribution in [1.29, 1.82) is 0 Å². The Bertz CT molecular complexity index is 556. The average Bonchev–Trinajstić information content (AvgIpc) is 3.04. The van der Waals surface area contributed by atoms with Gasteiger partial charge in [-0.1, -0.05) is 0 Å². The minimum Gasteiger partial charge on any atom is -0.338 e. The number of hydrogen-bond acceptors (Lipinski definition) is 3. The molecule has 2 N–H and O–H groups in total. The fourth-order valence-corrected chi connectivity index (χ4v) is 3.25. The van der Waals surface area contributed by atoms with Crippen molar-refractivity contribution in [1.82, 2.24) is 4.90 Å². The second kappa shape index (κ2) is 6.48. The van der Waals surface area contributed by atoms with Crippen LogP contribution in [0, 0.1) is 5.92 Å². The van der Waals surface area contributed by atoms with E-state index in [1.807, 2.05) is 34.1 Å². The molecule has 1 unspecified atom stereocenters. The third-order valence-electron chi connectivity index (χ3n) is 4.66. The summed E-state index contributed by atoms with van der Waals surface area (Å²) in [6, 6.07) is 7.42. The zero-order valence-electron chi connectivity index (χ0n) is 12.8. The lowest BCUT2D eigenvalue weighted by molar-refractivity contribution is -0.119. The van der Waals surface area contributed by atoms with Gasteiger partial charge in [0, 0.05) is 37.3 Å². The van der Waals surface area contributed by atoms with Crippen LogP contribution in [0.15, 0.2) is 24.3 Å². The van der Waals surface area contributed by atoms with Gasteiger partial charge in [-0.3, -0.25) is 9.59 Å². The van der Waals surface area contributed by atoms with Crippen molar-refractivity contribution in [3.8, 4) is 0 Å². The highest BCUT2D eigenvalue weighted by Gasteiger charge is 2.26. The van der Waals surface area contributed by atoms with Crippen molar-refractivity contribution >= 4 is 17.5 Å². The van der Waals surface area contributed by atoms with Gasteiger partial charge in [0.2, 0.25) is 5.91 Å². The third kappa shape index (κ3) is 2.99. The number of rotatable bonds is 3. The van der Waals surface area contributed by atoms with E-state index in [1.165, 1.54) is 0 Å². The molecule has 2 fully saturated rings. The van der Waals surface area contributed by atoms with Gasteiger partial charge in [-0.25, -0.2) is 0 Å². The Balaban J connectivity index is 1.68. The van der Waals surface area contributed by atoms with E-state index in [1.54, 1.807) is 0 Å². The normalized spacial score (nSPS) is 22.2. The molecule has 2 heterocycles. The lowest BCUT2D eigenvalue weighted by atomic mass is 10.1. The van der Waals surface area contributed by atoms with Crippen LogP contribution in [0.3, 0.4) is 0 Å². The van der Waals surface area contributed by atoms with Gasteiger partial charge < -0.3 is 15.5 Å². The molecule has 2 saturated heterocycles.